The van der Waals surface area contributed by atoms with E-state index in [-0.39, 0.29) is 24.9 Å². The van der Waals surface area contributed by atoms with Crippen molar-refractivity contribution in [3.8, 4) is 28.9 Å². The molecule has 0 saturated heterocycles. The van der Waals surface area contributed by atoms with E-state index in [0.717, 1.165) is 5.56 Å². The summed E-state index contributed by atoms with van der Waals surface area (Å²) >= 11 is 0. The molecule has 0 fully saturated rings. The summed E-state index contributed by atoms with van der Waals surface area (Å²) in [6, 6.07) is 16.0. The molecule has 0 bridgehead atoms. The van der Waals surface area contributed by atoms with Crippen molar-refractivity contribution in [1.29, 1.82) is 0 Å². The van der Waals surface area contributed by atoms with Crippen molar-refractivity contribution in [2.45, 2.75) is 6.54 Å². The number of carbonyl (C=O) groups excluding carboxylic acids is 1. The number of amidine groups is 1. The summed E-state index contributed by atoms with van der Waals surface area (Å²) in [7, 11) is 4.57. The molecule has 0 unspecified atom stereocenters. The van der Waals surface area contributed by atoms with Crippen molar-refractivity contribution in [2.24, 2.45) is 10.9 Å². The monoisotopic (exact) mass is 466 g/mol. The minimum atomic E-state index is -0.391. The Hall–Kier alpha value is -4.47. The third-order valence-electron chi connectivity index (χ3n) is 4.58. The molecule has 0 aliphatic rings. The minimum absolute atomic E-state index is 0.0245. The molecule has 178 valence electrons. The van der Waals surface area contributed by atoms with Crippen LogP contribution in [0.2, 0.25) is 0 Å². The topological polar surface area (TPSA) is 127 Å². The number of methoxy groups -OCH3 is 3. The lowest BCUT2D eigenvalue weighted by molar-refractivity contribution is -0.125. The van der Waals surface area contributed by atoms with Gasteiger partial charge in [-0.1, -0.05) is 23.4 Å². The van der Waals surface area contributed by atoms with E-state index in [2.05, 4.69) is 15.5 Å². The number of pyridine rings is 1. The zero-order valence-electron chi connectivity index (χ0n) is 19.1. The molecule has 34 heavy (non-hydrogen) atoms. The number of amides is 1. The van der Waals surface area contributed by atoms with Crippen molar-refractivity contribution in [3.05, 3.63) is 71.9 Å². The molecule has 1 amide bonds. The number of aromatic nitrogens is 1. The number of nitrogens with zero attached hydrogens (tertiary/aromatic N) is 2. The van der Waals surface area contributed by atoms with E-state index in [1.807, 2.05) is 18.2 Å². The number of rotatable bonds is 11. The molecule has 2 aromatic carbocycles. The van der Waals surface area contributed by atoms with E-state index in [1.54, 1.807) is 42.6 Å². The van der Waals surface area contributed by atoms with Crippen LogP contribution >= 0.6 is 0 Å². The molecule has 3 aromatic rings. The Labute approximate surface area is 197 Å². The molecule has 3 rings (SSSR count). The van der Waals surface area contributed by atoms with Crippen LogP contribution in [-0.4, -0.2) is 44.7 Å². The molecule has 10 heteroatoms. The van der Waals surface area contributed by atoms with E-state index in [0.29, 0.717) is 28.6 Å². The number of para-hydroxylation sites is 1. The van der Waals surface area contributed by atoms with Gasteiger partial charge >= 0.3 is 0 Å². The van der Waals surface area contributed by atoms with Crippen LogP contribution in [0.15, 0.2) is 65.9 Å². The van der Waals surface area contributed by atoms with Crippen molar-refractivity contribution in [2.75, 3.05) is 27.9 Å². The molecular formula is C24H26N4O6. The molecule has 1 aromatic heterocycles. The number of hydrogen-bond donors (Lipinski definition) is 2. The average molecular weight is 466 g/mol. The van der Waals surface area contributed by atoms with Crippen molar-refractivity contribution in [3.63, 3.8) is 0 Å². The summed E-state index contributed by atoms with van der Waals surface area (Å²) in [6.07, 6.45) is 1.58. The zero-order chi connectivity index (χ0) is 24.3. The van der Waals surface area contributed by atoms with Gasteiger partial charge in [0, 0.05) is 12.7 Å². The molecule has 1 heterocycles. The molecule has 0 aliphatic carbocycles. The van der Waals surface area contributed by atoms with Gasteiger partial charge in [0.2, 0.25) is 11.6 Å². The SMILES string of the molecule is COc1cc(CNC(=O)CO/N=C(/N)c2cccnc2Oc2ccccc2)cc(OC)c1OC. The van der Waals surface area contributed by atoms with Crippen molar-refractivity contribution < 1.29 is 28.6 Å². The van der Waals surface area contributed by atoms with Gasteiger partial charge in [-0.2, -0.15) is 0 Å². The van der Waals surface area contributed by atoms with Crippen LogP contribution < -0.4 is 30.0 Å². The fourth-order valence-corrected chi connectivity index (χ4v) is 2.97. The Morgan fingerprint density at radius 3 is 2.35 bits per heavy atom. The van der Waals surface area contributed by atoms with E-state index < -0.39 is 5.91 Å². The van der Waals surface area contributed by atoms with Gasteiger partial charge in [0.05, 0.1) is 26.9 Å². The number of benzene rings is 2. The smallest absolute Gasteiger partial charge is 0.261 e. The maximum atomic E-state index is 12.2. The second-order valence-electron chi connectivity index (χ2n) is 6.83. The van der Waals surface area contributed by atoms with E-state index in [9.17, 15) is 4.79 Å². The molecule has 0 atom stereocenters. The van der Waals surface area contributed by atoms with Crippen LogP contribution in [0.4, 0.5) is 0 Å². The Balaban J connectivity index is 1.57. The largest absolute Gasteiger partial charge is 0.493 e. The van der Waals surface area contributed by atoms with Crippen LogP contribution in [0.25, 0.3) is 0 Å². The summed E-state index contributed by atoms with van der Waals surface area (Å²) in [5.41, 5.74) is 7.21. The maximum absolute atomic E-state index is 12.2. The number of carbonyl (C=O) groups is 1. The summed E-state index contributed by atoms with van der Waals surface area (Å²) in [5.74, 6) is 1.95. The number of nitrogens with one attached hydrogen (secondary N) is 1. The van der Waals surface area contributed by atoms with Gasteiger partial charge in [0.25, 0.3) is 5.91 Å². The Morgan fingerprint density at radius 1 is 1.00 bits per heavy atom. The molecule has 0 spiro atoms. The normalized spacial score (nSPS) is 10.9. The first-order valence-electron chi connectivity index (χ1n) is 10.2. The Kier molecular flexibility index (Phi) is 8.50. The highest BCUT2D eigenvalue weighted by molar-refractivity contribution is 5.99. The highest BCUT2D eigenvalue weighted by atomic mass is 16.6. The molecular weight excluding hydrogens is 440 g/mol. The van der Waals surface area contributed by atoms with Crippen LogP contribution in [0.3, 0.4) is 0 Å². The quantitative estimate of drug-likeness (QED) is 0.251. The number of oxime groups is 1. The Morgan fingerprint density at radius 2 is 1.71 bits per heavy atom. The fraction of sp³-hybridized carbons (Fsp3) is 0.208. The maximum Gasteiger partial charge on any atom is 0.261 e. The summed E-state index contributed by atoms with van der Waals surface area (Å²) in [4.78, 5) is 21.5. The van der Waals surface area contributed by atoms with Crippen molar-refractivity contribution >= 4 is 11.7 Å². The van der Waals surface area contributed by atoms with Gasteiger partial charge in [-0.25, -0.2) is 4.98 Å². The molecule has 0 saturated carbocycles. The third-order valence-corrected chi connectivity index (χ3v) is 4.58. The zero-order valence-corrected chi connectivity index (χ0v) is 19.1. The van der Waals surface area contributed by atoms with Crippen LogP contribution in [0.5, 0.6) is 28.9 Å². The first-order valence-corrected chi connectivity index (χ1v) is 10.2. The standard InChI is InChI=1S/C24H26N4O6/c1-30-19-12-16(13-20(31-2)22(19)32-3)14-27-21(29)15-33-28-23(25)18-10-7-11-26-24(18)34-17-8-5-4-6-9-17/h4-13H,14-15H2,1-3H3,(H2,25,28)(H,27,29). The lowest BCUT2D eigenvalue weighted by Crippen LogP contribution is -2.27. The Bertz CT molecular complexity index is 1110. The number of nitrogens with two attached hydrogens (primary N) is 1. The summed E-state index contributed by atoms with van der Waals surface area (Å²) in [6.45, 7) is -0.115. The highest BCUT2D eigenvalue weighted by Crippen LogP contribution is 2.38. The number of hydrogen-bond acceptors (Lipinski definition) is 8. The van der Waals surface area contributed by atoms with E-state index in [4.69, 9.17) is 29.5 Å². The molecule has 0 radical (unpaired) electrons. The van der Waals surface area contributed by atoms with Gasteiger partial charge in [0.1, 0.15) is 5.75 Å². The second-order valence-corrected chi connectivity index (χ2v) is 6.83. The fourth-order valence-electron chi connectivity index (χ4n) is 2.97. The predicted octanol–water partition coefficient (Wildman–Crippen LogP) is 2.85. The van der Waals surface area contributed by atoms with Gasteiger partial charge in [-0.3, -0.25) is 4.79 Å². The van der Waals surface area contributed by atoms with Gasteiger partial charge < -0.3 is 34.8 Å². The first-order chi connectivity index (χ1) is 16.5. The van der Waals surface area contributed by atoms with E-state index in [1.165, 1.54) is 21.3 Å². The van der Waals surface area contributed by atoms with Gasteiger partial charge in [-0.15, -0.1) is 0 Å². The lowest BCUT2D eigenvalue weighted by atomic mass is 10.1. The summed E-state index contributed by atoms with van der Waals surface area (Å²) in [5, 5.41) is 6.56. The van der Waals surface area contributed by atoms with Crippen LogP contribution in [0.1, 0.15) is 11.1 Å². The van der Waals surface area contributed by atoms with Crippen LogP contribution in [0, 0.1) is 0 Å². The highest BCUT2D eigenvalue weighted by Gasteiger charge is 2.14. The average Bonchev–Trinajstić information content (AvgIpc) is 2.87. The minimum Gasteiger partial charge on any atom is -0.493 e. The predicted molar refractivity (Wildman–Crippen MR) is 125 cm³/mol. The number of ether oxygens (including phenoxy) is 4. The second kappa shape index (κ2) is 12.0. The third kappa shape index (κ3) is 6.28. The van der Waals surface area contributed by atoms with Gasteiger partial charge in [0.15, 0.2) is 23.9 Å². The molecule has 10 nitrogen and oxygen atoms in total. The molecule has 0 aliphatic heterocycles. The van der Waals surface area contributed by atoms with Gasteiger partial charge in [-0.05, 0) is 42.0 Å². The molecule has 3 N–H and O–H groups in total. The van der Waals surface area contributed by atoms with Crippen LogP contribution in [-0.2, 0) is 16.2 Å². The summed E-state index contributed by atoms with van der Waals surface area (Å²) < 4.78 is 21.7. The van der Waals surface area contributed by atoms with Crippen molar-refractivity contribution in [1.82, 2.24) is 10.3 Å². The lowest BCUT2D eigenvalue weighted by Gasteiger charge is -2.14. The first kappa shape index (κ1) is 24.2. The van der Waals surface area contributed by atoms with E-state index >= 15 is 0 Å².